The van der Waals surface area contributed by atoms with Crippen LogP contribution in [0.4, 0.5) is 11.4 Å². The zero-order valence-corrected chi connectivity index (χ0v) is 19.7. The lowest BCUT2D eigenvalue weighted by molar-refractivity contribution is 0.213. The van der Waals surface area contributed by atoms with E-state index in [4.69, 9.17) is 56.1 Å². The van der Waals surface area contributed by atoms with Crippen molar-refractivity contribution in [3.8, 4) is 0 Å². The van der Waals surface area contributed by atoms with Crippen molar-refractivity contribution in [3.63, 3.8) is 0 Å². The second kappa shape index (κ2) is 8.07. The summed E-state index contributed by atoms with van der Waals surface area (Å²) in [5.74, 6) is 0.822. The van der Waals surface area contributed by atoms with Crippen LogP contribution in [0.15, 0.2) is 68.5 Å². The Kier molecular flexibility index (Phi) is 5.29. The first-order valence-corrected chi connectivity index (χ1v) is 11.5. The summed E-state index contributed by atoms with van der Waals surface area (Å²) in [6.45, 7) is 0. The Bertz CT molecular complexity index is 1130. The Morgan fingerprint density at radius 2 is 0.912 bits per heavy atom. The van der Waals surface area contributed by atoms with Crippen LogP contribution in [0, 0.1) is 0 Å². The fourth-order valence-corrected chi connectivity index (χ4v) is 5.24. The van der Waals surface area contributed by atoms with Gasteiger partial charge in [0.2, 0.25) is 23.8 Å². The first kappa shape index (κ1) is 22.3. The monoisotopic (exact) mass is 498 g/mol. The van der Waals surface area contributed by atoms with Crippen molar-refractivity contribution in [1.82, 2.24) is 0 Å². The number of hydrogen-bond donors (Lipinski definition) is 4. The maximum absolute atomic E-state index is 6.36. The van der Waals surface area contributed by atoms with Crippen molar-refractivity contribution >= 4 is 58.4 Å². The molecule has 2 aromatic carbocycles. The SMILES string of the molecule is NC1=NC2(CCC3(CC2)N=C(N)N=C(N)N3c2ccc(Cl)cc2)N(c2ccc(Cl)cc2)C(N)=N1. The molecule has 8 N–H and O–H groups in total. The minimum Gasteiger partial charge on any atom is -0.369 e. The molecule has 34 heavy (non-hydrogen) atoms. The molecule has 2 aromatic rings. The molecule has 0 aromatic heterocycles. The van der Waals surface area contributed by atoms with E-state index in [2.05, 4.69) is 9.98 Å². The number of halogens is 2. The number of hydrogen-bond acceptors (Lipinski definition) is 10. The van der Waals surface area contributed by atoms with E-state index in [1.165, 1.54) is 0 Å². The summed E-state index contributed by atoms with van der Waals surface area (Å²) in [6, 6.07) is 14.7. The standard InChI is InChI=1S/C22H24Cl2N10/c23-13-1-5-15(6-2-13)33-19(27)29-17(25)31-21(33)9-11-22(12-10-21)32-18(26)30-20(28)34(22)16-7-3-14(24)4-8-16/h1-8H,9-12H2,(H4,25,27,29,31)(H4,26,28,30,32). The van der Waals surface area contributed by atoms with E-state index in [0.717, 1.165) is 11.4 Å². The highest BCUT2D eigenvalue weighted by molar-refractivity contribution is 6.31. The fourth-order valence-electron chi connectivity index (χ4n) is 4.98. The third-order valence-corrected chi connectivity index (χ3v) is 6.92. The number of nitrogens with two attached hydrogens (primary N) is 4. The third-order valence-electron chi connectivity index (χ3n) is 6.42. The predicted octanol–water partition coefficient (Wildman–Crippen LogP) is 2.56. The summed E-state index contributed by atoms with van der Waals surface area (Å²) in [5, 5.41) is 1.24. The Hall–Kier alpha value is -3.50. The van der Waals surface area contributed by atoms with Crippen LogP contribution in [-0.4, -0.2) is 35.2 Å². The van der Waals surface area contributed by atoms with E-state index >= 15 is 0 Å². The van der Waals surface area contributed by atoms with Crippen LogP contribution in [-0.2, 0) is 0 Å². The number of rotatable bonds is 2. The van der Waals surface area contributed by atoms with Crippen LogP contribution < -0.4 is 32.7 Å². The summed E-state index contributed by atoms with van der Waals surface area (Å²) < 4.78 is 0. The molecule has 0 unspecified atom stereocenters. The van der Waals surface area contributed by atoms with Gasteiger partial charge in [-0.05, 0) is 74.2 Å². The molecule has 0 radical (unpaired) electrons. The summed E-state index contributed by atoms with van der Waals surface area (Å²) in [4.78, 5) is 21.8. The molecular formula is C22H24Cl2N10. The summed E-state index contributed by atoms with van der Waals surface area (Å²) in [6.07, 6.45) is 2.22. The lowest BCUT2D eigenvalue weighted by Crippen LogP contribution is -2.65. The van der Waals surface area contributed by atoms with Gasteiger partial charge in [-0.25, -0.2) is 9.98 Å². The molecule has 2 aliphatic heterocycles. The molecule has 1 aliphatic carbocycles. The van der Waals surface area contributed by atoms with Gasteiger partial charge in [-0.1, -0.05) is 23.2 Å². The number of aliphatic imine (C=N–C) groups is 4. The minimum atomic E-state index is -0.742. The maximum Gasteiger partial charge on any atom is 0.220 e. The van der Waals surface area contributed by atoms with Gasteiger partial charge in [-0.15, -0.1) is 0 Å². The van der Waals surface area contributed by atoms with Crippen molar-refractivity contribution < 1.29 is 0 Å². The molecule has 176 valence electrons. The van der Waals surface area contributed by atoms with Crippen LogP contribution in [0.5, 0.6) is 0 Å². The van der Waals surface area contributed by atoms with Crippen LogP contribution in [0.1, 0.15) is 25.7 Å². The number of guanidine groups is 4. The molecule has 0 bridgehead atoms. The first-order valence-electron chi connectivity index (χ1n) is 10.7. The molecule has 3 aliphatic rings. The normalized spacial score (nSPS) is 26.8. The van der Waals surface area contributed by atoms with Crippen molar-refractivity contribution in [1.29, 1.82) is 0 Å². The first-order chi connectivity index (χ1) is 16.2. The molecular weight excluding hydrogens is 475 g/mol. The Morgan fingerprint density at radius 3 is 1.24 bits per heavy atom. The van der Waals surface area contributed by atoms with Gasteiger partial charge in [0, 0.05) is 21.4 Å². The summed E-state index contributed by atoms with van der Waals surface area (Å²) in [5.41, 5.74) is 25.0. The predicted molar refractivity (Wildman–Crippen MR) is 138 cm³/mol. The van der Waals surface area contributed by atoms with E-state index in [0.29, 0.717) is 35.7 Å². The second-order valence-corrected chi connectivity index (χ2v) is 9.34. The van der Waals surface area contributed by atoms with Gasteiger partial charge in [0.05, 0.1) is 0 Å². The van der Waals surface area contributed by atoms with Gasteiger partial charge in [0.1, 0.15) is 11.3 Å². The average Bonchev–Trinajstić information content (AvgIpc) is 2.78. The fraction of sp³-hybridized carbons (Fsp3) is 0.273. The summed E-state index contributed by atoms with van der Waals surface area (Å²) >= 11 is 12.2. The molecule has 12 heteroatoms. The molecule has 1 fully saturated rings. The number of nitrogens with zero attached hydrogens (tertiary/aromatic N) is 6. The van der Waals surface area contributed by atoms with Crippen LogP contribution in [0.25, 0.3) is 0 Å². The number of benzene rings is 2. The van der Waals surface area contributed by atoms with E-state index in [9.17, 15) is 0 Å². The van der Waals surface area contributed by atoms with E-state index in [1.807, 2.05) is 34.1 Å². The highest BCUT2D eigenvalue weighted by Crippen LogP contribution is 2.47. The highest BCUT2D eigenvalue weighted by Gasteiger charge is 2.53. The minimum absolute atomic E-state index is 0.140. The van der Waals surface area contributed by atoms with Gasteiger partial charge < -0.3 is 22.9 Å². The topological polar surface area (TPSA) is 160 Å². The van der Waals surface area contributed by atoms with Crippen molar-refractivity contribution in [2.45, 2.75) is 37.0 Å². The van der Waals surface area contributed by atoms with Crippen LogP contribution in [0.2, 0.25) is 10.0 Å². The van der Waals surface area contributed by atoms with E-state index in [1.54, 1.807) is 24.3 Å². The van der Waals surface area contributed by atoms with Crippen LogP contribution >= 0.6 is 23.2 Å². The van der Waals surface area contributed by atoms with Crippen molar-refractivity contribution in [3.05, 3.63) is 58.6 Å². The van der Waals surface area contributed by atoms with Gasteiger partial charge >= 0.3 is 0 Å². The molecule has 10 nitrogen and oxygen atoms in total. The third kappa shape index (κ3) is 3.68. The molecule has 2 spiro atoms. The van der Waals surface area contributed by atoms with E-state index in [-0.39, 0.29) is 23.8 Å². The Morgan fingerprint density at radius 1 is 0.588 bits per heavy atom. The highest BCUT2D eigenvalue weighted by atomic mass is 35.5. The molecule has 1 saturated carbocycles. The maximum atomic E-state index is 6.36. The van der Waals surface area contributed by atoms with Crippen molar-refractivity contribution in [2.24, 2.45) is 42.9 Å². The molecule has 2 heterocycles. The molecule has 0 saturated heterocycles. The Labute approximate surface area is 206 Å². The second-order valence-electron chi connectivity index (χ2n) is 8.47. The smallest absolute Gasteiger partial charge is 0.220 e. The number of anilines is 2. The molecule has 0 amide bonds. The zero-order valence-electron chi connectivity index (χ0n) is 18.2. The molecule has 0 atom stereocenters. The Balaban J connectivity index is 1.53. The largest absolute Gasteiger partial charge is 0.369 e. The van der Waals surface area contributed by atoms with Gasteiger partial charge in [0.15, 0.2) is 0 Å². The van der Waals surface area contributed by atoms with Gasteiger partial charge in [-0.2, -0.15) is 9.98 Å². The lowest BCUT2D eigenvalue weighted by Gasteiger charge is -2.52. The van der Waals surface area contributed by atoms with Gasteiger partial charge in [0.25, 0.3) is 0 Å². The average molecular weight is 499 g/mol. The van der Waals surface area contributed by atoms with Gasteiger partial charge in [-0.3, -0.25) is 9.80 Å². The summed E-state index contributed by atoms with van der Waals surface area (Å²) in [7, 11) is 0. The quantitative estimate of drug-likeness (QED) is 0.497. The lowest BCUT2D eigenvalue weighted by atomic mass is 9.79. The zero-order chi connectivity index (χ0) is 24.1. The van der Waals surface area contributed by atoms with Crippen LogP contribution in [0.3, 0.4) is 0 Å². The van der Waals surface area contributed by atoms with E-state index < -0.39 is 11.3 Å². The molecule has 5 rings (SSSR count). The van der Waals surface area contributed by atoms with Crippen molar-refractivity contribution in [2.75, 3.05) is 9.80 Å².